The minimum absolute atomic E-state index is 0.0532. The number of carbonyl (C=O) groups excluding carboxylic acids is 1. The van der Waals surface area contributed by atoms with Gasteiger partial charge < -0.3 is 9.84 Å². The van der Waals surface area contributed by atoms with Crippen molar-refractivity contribution in [1.29, 1.82) is 0 Å². The predicted octanol–water partition coefficient (Wildman–Crippen LogP) is 1.64. The number of halogens is 1. The van der Waals surface area contributed by atoms with E-state index in [0.717, 1.165) is 12.0 Å². The number of benzene rings is 1. The first-order valence-electron chi connectivity index (χ1n) is 5.59. The Morgan fingerprint density at radius 1 is 1.65 bits per heavy atom. The minimum Gasteiger partial charge on any atom is -0.466 e. The lowest BCUT2D eigenvalue weighted by Gasteiger charge is -2.15. The van der Waals surface area contributed by atoms with Crippen LogP contribution in [0.25, 0.3) is 0 Å². The molecular weight excluding hydrogens is 223 g/mol. The molecule has 1 aliphatic carbocycles. The molecule has 0 aromatic heterocycles. The Hall–Kier alpha value is -1.42. The highest BCUT2D eigenvalue weighted by atomic mass is 19.1. The monoisotopic (exact) mass is 238 g/mol. The number of hydrogen-bond acceptors (Lipinski definition) is 3. The summed E-state index contributed by atoms with van der Waals surface area (Å²) in [5.74, 6) is -0.561. The highest BCUT2D eigenvalue weighted by Gasteiger charge is 2.55. The number of aliphatic hydroxyl groups is 1. The Bertz CT molecular complexity index is 432. The summed E-state index contributed by atoms with van der Waals surface area (Å²) < 4.78 is 18.1. The summed E-state index contributed by atoms with van der Waals surface area (Å²) in [6, 6.07) is 6.23. The van der Waals surface area contributed by atoms with Crippen LogP contribution in [0.2, 0.25) is 0 Å². The lowest BCUT2D eigenvalue weighted by Crippen LogP contribution is -2.18. The smallest absolute Gasteiger partial charge is 0.302 e. The van der Waals surface area contributed by atoms with Gasteiger partial charge in [0.2, 0.25) is 0 Å². The van der Waals surface area contributed by atoms with E-state index in [-0.39, 0.29) is 30.9 Å². The normalized spacial score (nSPS) is 26.6. The lowest BCUT2D eigenvalue weighted by molar-refractivity contribution is -0.141. The van der Waals surface area contributed by atoms with Gasteiger partial charge in [0.1, 0.15) is 5.82 Å². The third-order valence-electron chi connectivity index (χ3n) is 3.40. The average Bonchev–Trinajstić information content (AvgIpc) is 3.01. The van der Waals surface area contributed by atoms with E-state index in [4.69, 9.17) is 4.74 Å². The lowest BCUT2D eigenvalue weighted by atomic mass is 9.94. The van der Waals surface area contributed by atoms with Crippen LogP contribution in [-0.2, 0) is 14.9 Å². The molecule has 0 spiro atoms. The van der Waals surface area contributed by atoms with Gasteiger partial charge in [-0.2, -0.15) is 0 Å². The van der Waals surface area contributed by atoms with Crippen molar-refractivity contribution in [2.24, 2.45) is 5.92 Å². The third-order valence-corrected chi connectivity index (χ3v) is 3.40. The number of ether oxygens (including phenoxy) is 1. The fourth-order valence-electron chi connectivity index (χ4n) is 2.25. The molecule has 4 heteroatoms. The first-order chi connectivity index (χ1) is 8.08. The molecule has 0 amide bonds. The van der Waals surface area contributed by atoms with Gasteiger partial charge in [0.15, 0.2) is 0 Å². The van der Waals surface area contributed by atoms with Crippen LogP contribution in [0.15, 0.2) is 24.3 Å². The van der Waals surface area contributed by atoms with Crippen molar-refractivity contribution >= 4 is 5.97 Å². The largest absolute Gasteiger partial charge is 0.466 e. The molecule has 1 aliphatic rings. The van der Waals surface area contributed by atoms with Crippen molar-refractivity contribution in [3.63, 3.8) is 0 Å². The molecule has 17 heavy (non-hydrogen) atoms. The van der Waals surface area contributed by atoms with E-state index in [0.29, 0.717) is 0 Å². The predicted molar refractivity (Wildman–Crippen MR) is 59.9 cm³/mol. The zero-order valence-electron chi connectivity index (χ0n) is 9.65. The second-order valence-corrected chi connectivity index (χ2v) is 4.53. The fourth-order valence-corrected chi connectivity index (χ4v) is 2.25. The maximum Gasteiger partial charge on any atom is 0.302 e. The van der Waals surface area contributed by atoms with Crippen molar-refractivity contribution in [2.75, 3.05) is 13.2 Å². The molecule has 92 valence electrons. The molecule has 2 atom stereocenters. The van der Waals surface area contributed by atoms with Gasteiger partial charge in [-0.15, -0.1) is 0 Å². The highest BCUT2D eigenvalue weighted by Crippen LogP contribution is 2.54. The summed E-state index contributed by atoms with van der Waals surface area (Å²) in [5.41, 5.74) is 0.342. The van der Waals surface area contributed by atoms with E-state index in [1.807, 2.05) is 0 Å². The molecule has 0 heterocycles. The van der Waals surface area contributed by atoms with Gasteiger partial charge in [-0.3, -0.25) is 4.79 Å². The zero-order chi connectivity index (χ0) is 12.5. The van der Waals surface area contributed by atoms with Crippen molar-refractivity contribution in [1.82, 2.24) is 0 Å². The summed E-state index contributed by atoms with van der Waals surface area (Å²) in [6.45, 7) is 1.58. The van der Waals surface area contributed by atoms with Gasteiger partial charge in [0.05, 0.1) is 13.2 Å². The first-order valence-corrected chi connectivity index (χ1v) is 5.59. The van der Waals surface area contributed by atoms with Crippen LogP contribution in [0.4, 0.5) is 4.39 Å². The number of aliphatic hydroxyl groups excluding tert-OH is 1. The molecule has 0 aliphatic heterocycles. The summed E-state index contributed by atoms with van der Waals surface area (Å²) in [4.78, 5) is 10.7. The van der Waals surface area contributed by atoms with E-state index in [2.05, 4.69) is 0 Å². The number of esters is 1. The van der Waals surface area contributed by atoms with Gasteiger partial charge >= 0.3 is 5.97 Å². The van der Waals surface area contributed by atoms with E-state index in [9.17, 15) is 14.3 Å². The van der Waals surface area contributed by atoms with Crippen molar-refractivity contribution in [3.05, 3.63) is 35.6 Å². The van der Waals surface area contributed by atoms with Crippen LogP contribution in [0.5, 0.6) is 0 Å². The Labute approximate surface area is 99.2 Å². The SMILES string of the molecule is CC(=O)OC[C@H]1C[C@]1(CO)c1cccc(F)c1. The minimum atomic E-state index is -0.433. The number of carbonyl (C=O) groups is 1. The van der Waals surface area contributed by atoms with Crippen molar-refractivity contribution < 1.29 is 19.0 Å². The highest BCUT2D eigenvalue weighted by molar-refractivity contribution is 5.66. The maximum atomic E-state index is 13.1. The molecule has 1 fully saturated rings. The summed E-state index contributed by atoms with van der Waals surface area (Å²) in [7, 11) is 0. The van der Waals surface area contributed by atoms with Crippen LogP contribution in [-0.4, -0.2) is 24.3 Å². The summed E-state index contributed by atoms with van der Waals surface area (Å²) in [6.07, 6.45) is 0.722. The molecule has 0 radical (unpaired) electrons. The van der Waals surface area contributed by atoms with E-state index in [1.54, 1.807) is 12.1 Å². The van der Waals surface area contributed by atoms with Crippen LogP contribution in [0, 0.1) is 11.7 Å². The second kappa shape index (κ2) is 4.45. The van der Waals surface area contributed by atoms with Crippen LogP contribution < -0.4 is 0 Å². The molecule has 2 rings (SSSR count). The molecule has 1 N–H and O–H groups in total. The molecule has 1 aromatic carbocycles. The van der Waals surface area contributed by atoms with Gasteiger partial charge in [-0.05, 0) is 24.1 Å². The van der Waals surface area contributed by atoms with Crippen molar-refractivity contribution in [3.8, 4) is 0 Å². The fraction of sp³-hybridized carbons (Fsp3) is 0.462. The molecule has 1 aromatic rings. The number of rotatable bonds is 4. The molecular formula is C13H15FO3. The van der Waals surface area contributed by atoms with Gasteiger partial charge in [0, 0.05) is 18.3 Å². The van der Waals surface area contributed by atoms with Gasteiger partial charge in [0.25, 0.3) is 0 Å². The van der Waals surface area contributed by atoms with E-state index >= 15 is 0 Å². The van der Waals surface area contributed by atoms with Gasteiger partial charge in [-0.1, -0.05) is 12.1 Å². The van der Waals surface area contributed by atoms with Crippen LogP contribution >= 0.6 is 0 Å². The zero-order valence-corrected chi connectivity index (χ0v) is 9.65. The number of hydrogen-bond donors (Lipinski definition) is 1. The Balaban J connectivity index is 2.10. The first kappa shape index (κ1) is 12.0. The molecule has 0 bridgehead atoms. The van der Waals surface area contributed by atoms with Crippen LogP contribution in [0.3, 0.4) is 0 Å². The van der Waals surface area contributed by atoms with Gasteiger partial charge in [-0.25, -0.2) is 4.39 Å². The van der Waals surface area contributed by atoms with E-state index in [1.165, 1.54) is 19.1 Å². The Morgan fingerprint density at radius 2 is 2.41 bits per heavy atom. The van der Waals surface area contributed by atoms with Crippen LogP contribution in [0.1, 0.15) is 18.9 Å². The Morgan fingerprint density at radius 3 is 3.00 bits per heavy atom. The Kier molecular flexibility index (Phi) is 3.15. The van der Waals surface area contributed by atoms with Crippen molar-refractivity contribution in [2.45, 2.75) is 18.8 Å². The quantitative estimate of drug-likeness (QED) is 0.811. The average molecular weight is 238 g/mol. The maximum absolute atomic E-state index is 13.1. The topological polar surface area (TPSA) is 46.5 Å². The second-order valence-electron chi connectivity index (χ2n) is 4.53. The molecule has 0 unspecified atom stereocenters. The third kappa shape index (κ3) is 2.31. The molecule has 1 saturated carbocycles. The molecule has 0 saturated heterocycles. The summed E-state index contributed by atoms with van der Waals surface area (Å²) >= 11 is 0. The van der Waals surface area contributed by atoms with E-state index < -0.39 is 5.41 Å². The standard InChI is InChI=1S/C13H15FO3/c1-9(16)17-7-11-6-13(11,8-15)10-3-2-4-12(14)5-10/h2-5,11,15H,6-8H2,1H3/t11-,13+/m1/s1. The summed E-state index contributed by atoms with van der Waals surface area (Å²) in [5, 5.41) is 9.47. The molecule has 3 nitrogen and oxygen atoms in total.